The summed E-state index contributed by atoms with van der Waals surface area (Å²) >= 11 is 1.62. The monoisotopic (exact) mass is 309 g/mol. The molecule has 0 fully saturated rings. The van der Waals surface area contributed by atoms with Crippen molar-refractivity contribution in [1.29, 1.82) is 0 Å². The van der Waals surface area contributed by atoms with Crippen LogP contribution in [0.4, 0.5) is 11.8 Å². The van der Waals surface area contributed by atoms with E-state index in [1.807, 2.05) is 0 Å². The predicted octanol–water partition coefficient (Wildman–Crippen LogP) is 2.27. The average molecular weight is 309 g/mol. The molecule has 0 atom stereocenters. The molecule has 0 radical (unpaired) electrons. The third kappa shape index (κ3) is 3.25. The van der Waals surface area contributed by atoms with E-state index >= 15 is 0 Å². The van der Waals surface area contributed by atoms with E-state index in [1.54, 1.807) is 11.3 Å². The van der Waals surface area contributed by atoms with Crippen molar-refractivity contribution in [2.45, 2.75) is 39.7 Å². The van der Waals surface area contributed by atoms with Crippen molar-refractivity contribution in [3.8, 4) is 0 Å². The molecule has 2 aromatic heterocycles. The molecule has 0 aliphatic carbocycles. The van der Waals surface area contributed by atoms with Crippen LogP contribution in [0.2, 0.25) is 0 Å². The molecule has 2 aromatic rings. The zero-order valence-electron chi connectivity index (χ0n) is 12.8. The highest BCUT2D eigenvalue weighted by atomic mass is 32.1. The van der Waals surface area contributed by atoms with Crippen molar-refractivity contribution in [3.63, 3.8) is 0 Å². The van der Waals surface area contributed by atoms with E-state index in [2.05, 4.69) is 47.1 Å². The summed E-state index contributed by atoms with van der Waals surface area (Å²) < 4.78 is 0. The van der Waals surface area contributed by atoms with Gasteiger partial charge in [0.25, 0.3) is 0 Å². The van der Waals surface area contributed by atoms with Gasteiger partial charge < -0.3 is 10.0 Å². The molecule has 0 amide bonds. The van der Waals surface area contributed by atoms with Crippen LogP contribution in [0.15, 0.2) is 6.07 Å². The molecule has 0 bridgehead atoms. The van der Waals surface area contributed by atoms with E-state index in [-0.39, 0.29) is 6.61 Å². The quantitative estimate of drug-likeness (QED) is 0.537. The van der Waals surface area contributed by atoms with E-state index < -0.39 is 0 Å². The zero-order chi connectivity index (χ0) is 15.4. The SMILES string of the molecule is CCC(CC)N(CCO)c1nc(NN)nc2sc(C)cc12. The van der Waals surface area contributed by atoms with Gasteiger partial charge in [-0.3, -0.25) is 5.43 Å². The second-order valence-electron chi connectivity index (χ2n) is 4.98. The summed E-state index contributed by atoms with van der Waals surface area (Å²) in [6.07, 6.45) is 1.99. The van der Waals surface area contributed by atoms with Crippen LogP contribution in [0.5, 0.6) is 0 Å². The number of nitrogens with one attached hydrogen (secondary N) is 1. The topological polar surface area (TPSA) is 87.3 Å². The van der Waals surface area contributed by atoms with Crippen LogP contribution in [0, 0.1) is 6.92 Å². The van der Waals surface area contributed by atoms with E-state index in [0.717, 1.165) is 28.9 Å². The van der Waals surface area contributed by atoms with Crippen LogP contribution in [-0.2, 0) is 0 Å². The van der Waals surface area contributed by atoms with Gasteiger partial charge in [-0.05, 0) is 25.8 Å². The Morgan fingerprint density at radius 1 is 1.38 bits per heavy atom. The number of nitrogens with zero attached hydrogens (tertiary/aromatic N) is 3. The summed E-state index contributed by atoms with van der Waals surface area (Å²) in [6.45, 7) is 7.00. The second kappa shape index (κ2) is 7.02. The minimum absolute atomic E-state index is 0.0938. The number of aliphatic hydroxyl groups is 1. The molecule has 7 heteroatoms. The van der Waals surface area contributed by atoms with Gasteiger partial charge in [-0.15, -0.1) is 11.3 Å². The highest BCUT2D eigenvalue weighted by Crippen LogP contribution is 2.33. The number of hydrazine groups is 1. The molecular weight excluding hydrogens is 286 g/mol. The molecule has 0 aliphatic rings. The van der Waals surface area contributed by atoms with E-state index in [1.165, 1.54) is 4.88 Å². The number of nitrogen functional groups attached to an aromatic ring is 1. The Hall–Kier alpha value is -1.44. The lowest BCUT2D eigenvalue weighted by Crippen LogP contribution is -2.37. The van der Waals surface area contributed by atoms with Crippen molar-refractivity contribution in [2.24, 2.45) is 5.84 Å². The lowest BCUT2D eigenvalue weighted by molar-refractivity contribution is 0.295. The van der Waals surface area contributed by atoms with Gasteiger partial charge in [0.05, 0.1) is 12.0 Å². The Bertz CT molecular complexity index is 596. The highest BCUT2D eigenvalue weighted by Gasteiger charge is 2.21. The van der Waals surface area contributed by atoms with Crippen molar-refractivity contribution in [1.82, 2.24) is 9.97 Å². The number of aryl methyl sites for hydroxylation is 1. The molecule has 21 heavy (non-hydrogen) atoms. The summed E-state index contributed by atoms with van der Waals surface area (Å²) in [5.41, 5.74) is 2.54. The van der Waals surface area contributed by atoms with Gasteiger partial charge in [0.1, 0.15) is 10.6 Å². The number of nitrogens with two attached hydrogens (primary N) is 1. The van der Waals surface area contributed by atoms with Crippen LogP contribution < -0.4 is 16.2 Å². The fourth-order valence-electron chi connectivity index (χ4n) is 2.61. The molecule has 0 saturated carbocycles. The fourth-order valence-corrected chi connectivity index (χ4v) is 3.48. The number of hydrogen-bond donors (Lipinski definition) is 3. The molecular formula is C14H23N5OS. The van der Waals surface area contributed by atoms with Crippen molar-refractivity contribution in [2.75, 3.05) is 23.5 Å². The molecule has 0 saturated heterocycles. The lowest BCUT2D eigenvalue weighted by Gasteiger charge is -2.31. The third-order valence-electron chi connectivity index (χ3n) is 3.62. The minimum atomic E-state index is 0.0938. The Kier molecular flexibility index (Phi) is 5.33. The van der Waals surface area contributed by atoms with E-state index in [0.29, 0.717) is 18.5 Å². The maximum atomic E-state index is 9.42. The third-order valence-corrected chi connectivity index (χ3v) is 4.57. The average Bonchev–Trinajstić information content (AvgIpc) is 2.86. The largest absolute Gasteiger partial charge is 0.395 e. The number of rotatable bonds is 7. The number of fused-ring (bicyclic) bond motifs is 1. The summed E-state index contributed by atoms with van der Waals surface area (Å²) in [7, 11) is 0. The van der Waals surface area contributed by atoms with Gasteiger partial charge in [-0.2, -0.15) is 4.98 Å². The first-order valence-electron chi connectivity index (χ1n) is 7.26. The number of aromatic nitrogens is 2. The molecule has 2 heterocycles. The van der Waals surface area contributed by atoms with Crippen molar-refractivity contribution >= 4 is 33.3 Å². The van der Waals surface area contributed by atoms with Crippen LogP contribution in [-0.4, -0.2) is 34.3 Å². The first-order valence-corrected chi connectivity index (χ1v) is 8.08. The van der Waals surface area contributed by atoms with Gasteiger partial charge in [0.15, 0.2) is 0 Å². The Morgan fingerprint density at radius 3 is 2.67 bits per heavy atom. The van der Waals surface area contributed by atoms with Gasteiger partial charge in [-0.1, -0.05) is 13.8 Å². The minimum Gasteiger partial charge on any atom is -0.395 e. The van der Waals surface area contributed by atoms with Crippen LogP contribution in [0.25, 0.3) is 10.2 Å². The van der Waals surface area contributed by atoms with Crippen LogP contribution >= 0.6 is 11.3 Å². The first-order chi connectivity index (χ1) is 10.1. The van der Waals surface area contributed by atoms with Gasteiger partial charge in [0, 0.05) is 17.5 Å². The number of hydrogen-bond acceptors (Lipinski definition) is 7. The maximum Gasteiger partial charge on any atom is 0.240 e. The number of thiophene rings is 1. The normalized spacial score (nSPS) is 11.3. The van der Waals surface area contributed by atoms with E-state index in [9.17, 15) is 5.11 Å². The second-order valence-corrected chi connectivity index (χ2v) is 6.21. The molecule has 0 aromatic carbocycles. The maximum absolute atomic E-state index is 9.42. The lowest BCUT2D eigenvalue weighted by atomic mass is 10.1. The molecule has 4 N–H and O–H groups in total. The molecule has 6 nitrogen and oxygen atoms in total. The van der Waals surface area contributed by atoms with Crippen LogP contribution in [0.3, 0.4) is 0 Å². The molecule has 0 aliphatic heterocycles. The zero-order valence-corrected chi connectivity index (χ0v) is 13.6. The number of anilines is 2. The summed E-state index contributed by atoms with van der Waals surface area (Å²) in [5.74, 6) is 6.75. The molecule has 0 spiro atoms. The predicted molar refractivity (Wildman–Crippen MR) is 88.8 cm³/mol. The summed E-state index contributed by atoms with van der Waals surface area (Å²) in [6, 6.07) is 2.43. The van der Waals surface area contributed by atoms with Crippen molar-refractivity contribution in [3.05, 3.63) is 10.9 Å². The molecule has 0 unspecified atom stereocenters. The van der Waals surface area contributed by atoms with Gasteiger partial charge >= 0.3 is 0 Å². The van der Waals surface area contributed by atoms with Crippen LogP contribution in [0.1, 0.15) is 31.6 Å². The Balaban J connectivity index is 2.59. The first kappa shape index (κ1) is 15.9. The highest BCUT2D eigenvalue weighted by molar-refractivity contribution is 7.18. The standard InChI is InChI=1S/C14H23N5OS/c1-4-10(5-2)19(6-7-20)12-11-8-9(3)21-13(11)17-14(16-12)18-15/h8,10,20H,4-7,15H2,1-3H3,(H,16,17,18). The smallest absolute Gasteiger partial charge is 0.240 e. The van der Waals surface area contributed by atoms with Crippen molar-refractivity contribution < 1.29 is 5.11 Å². The Morgan fingerprint density at radius 2 is 2.10 bits per heavy atom. The Labute approximate surface area is 129 Å². The number of aliphatic hydroxyl groups excluding tert-OH is 1. The van der Waals surface area contributed by atoms with Gasteiger partial charge in [-0.25, -0.2) is 10.8 Å². The fraction of sp³-hybridized carbons (Fsp3) is 0.571. The van der Waals surface area contributed by atoms with Gasteiger partial charge in [0.2, 0.25) is 5.95 Å². The summed E-state index contributed by atoms with van der Waals surface area (Å²) in [4.78, 5) is 13.2. The summed E-state index contributed by atoms with van der Waals surface area (Å²) in [5, 5.41) is 10.4. The molecule has 116 valence electrons. The molecule has 2 rings (SSSR count). The van der Waals surface area contributed by atoms with E-state index in [4.69, 9.17) is 5.84 Å².